The molecule has 0 N–H and O–H groups in total. The van der Waals surface area contributed by atoms with Gasteiger partial charge in [-0.2, -0.15) is 0 Å². The lowest BCUT2D eigenvalue weighted by Crippen LogP contribution is -2.08. The fourth-order valence-corrected chi connectivity index (χ4v) is 2.29. The van der Waals surface area contributed by atoms with Crippen molar-refractivity contribution in [3.63, 3.8) is 0 Å². The first-order valence-electron chi connectivity index (χ1n) is 3.91. The van der Waals surface area contributed by atoms with Crippen molar-refractivity contribution < 1.29 is 0 Å². The van der Waals surface area contributed by atoms with E-state index in [1.807, 2.05) is 43.3 Å². The predicted molar refractivity (Wildman–Crippen MR) is 66.9 cm³/mol. The topological polar surface area (TPSA) is 3.24 Å². The predicted octanol–water partition coefficient (Wildman–Crippen LogP) is 4.17. The van der Waals surface area contributed by atoms with E-state index in [2.05, 4.69) is 0 Å². The summed E-state index contributed by atoms with van der Waals surface area (Å²) < 4.78 is -1.29. The van der Waals surface area contributed by atoms with Crippen LogP contribution in [0.5, 0.6) is 0 Å². The van der Waals surface area contributed by atoms with Crippen molar-refractivity contribution in [2.45, 2.75) is 8.02 Å². The van der Waals surface area contributed by atoms with E-state index < -0.39 is 3.12 Å². The van der Waals surface area contributed by atoms with Gasteiger partial charge in [0.05, 0.1) is 0 Å². The molecule has 0 aliphatic rings. The van der Waals surface area contributed by atoms with E-state index in [-0.39, 0.29) is 0 Å². The smallest absolute Gasteiger partial charge is 0.241 e. The van der Waals surface area contributed by atoms with Gasteiger partial charge >= 0.3 is 0 Å². The molecule has 0 spiro atoms. The van der Waals surface area contributed by atoms with Crippen LogP contribution < -0.4 is 4.90 Å². The Labute approximate surface area is 103 Å². The molecular weight excluding hydrogens is 261 g/mol. The Morgan fingerprint density at radius 1 is 1.07 bits per heavy atom. The Bertz CT molecular complexity index is 292. The Kier molecular flexibility index (Phi) is 4.26. The number of benzene rings is 1. The number of anilines is 1. The number of halogens is 3. The van der Waals surface area contributed by atoms with Crippen molar-refractivity contribution in [1.29, 1.82) is 0 Å². The molecule has 0 aliphatic heterocycles. The molecule has 0 heterocycles. The molecule has 0 aliphatic carbocycles. The lowest BCUT2D eigenvalue weighted by atomic mass is 10.3. The highest BCUT2D eigenvalue weighted by molar-refractivity contribution is 8.04. The number of hydrogen-bond acceptors (Lipinski definition) is 2. The number of hydrogen-bond donors (Lipinski definition) is 0. The third-order valence-corrected chi connectivity index (χ3v) is 3.02. The quantitative estimate of drug-likeness (QED) is 0.586. The number of nitrogens with zero attached hydrogens (tertiary/aromatic N) is 1. The van der Waals surface area contributed by atoms with Gasteiger partial charge in [-0.05, 0) is 24.3 Å². The van der Waals surface area contributed by atoms with Gasteiger partial charge in [-0.25, -0.2) is 0 Å². The molecule has 1 nitrogen and oxygen atoms in total. The molecule has 0 aromatic heterocycles. The van der Waals surface area contributed by atoms with Crippen LogP contribution >= 0.6 is 46.6 Å². The maximum absolute atomic E-state index is 5.65. The minimum Gasteiger partial charge on any atom is -0.378 e. The zero-order valence-electron chi connectivity index (χ0n) is 7.80. The highest BCUT2D eigenvalue weighted by Gasteiger charge is 2.20. The van der Waals surface area contributed by atoms with Gasteiger partial charge in [-0.15, -0.1) is 0 Å². The second kappa shape index (κ2) is 4.84. The minimum absolute atomic E-state index is 0.940. The third kappa shape index (κ3) is 4.18. The van der Waals surface area contributed by atoms with Crippen LogP contribution in [-0.2, 0) is 0 Å². The van der Waals surface area contributed by atoms with Gasteiger partial charge in [0, 0.05) is 24.7 Å². The van der Waals surface area contributed by atoms with Crippen LogP contribution in [-0.4, -0.2) is 17.2 Å². The monoisotopic (exact) mass is 269 g/mol. The van der Waals surface area contributed by atoms with E-state index in [9.17, 15) is 0 Å². The summed E-state index contributed by atoms with van der Waals surface area (Å²) in [6.07, 6.45) is 0. The molecule has 0 atom stereocenters. The van der Waals surface area contributed by atoms with E-state index in [0.717, 1.165) is 10.6 Å². The Hall–Kier alpha value is 0.240. The second-order valence-electron chi connectivity index (χ2n) is 2.94. The summed E-state index contributed by atoms with van der Waals surface area (Å²) in [5, 5.41) is 0. The molecule has 14 heavy (non-hydrogen) atoms. The maximum Gasteiger partial charge on any atom is 0.241 e. The summed E-state index contributed by atoms with van der Waals surface area (Å²) in [5.74, 6) is 0. The summed E-state index contributed by atoms with van der Waals surface area (Å²) >= 11 is 18.2. The van der Waals surface area contributed by atoms with Crippen LogP contribution in [0.2, 0.25) is 0 Å². The van der Waals surface area contributed by atoms with Crippen molar-refractivity contribution in [2.75, 3.05) is 19.0 Å². The Balaban J connectivity index is 2.74. The van der Waals surface area contributed by atoms with Crippen molar-refractivity contribution in [2.24, 2.45) is 0 Å². The number of rotatable bonds is 2. The Morgan fingerprint density at radius 3 is 1.93 bits per heavy atom. The van der Waals surface area contributed by atoms with Gasteiger partial charge in [0.15, 0.2) is 0 Å². The highest BCUT2D eigenvalue weighted by atomic mass is 35.6. The van der Waals surface area contributed by atoms with Crippen LogP contribution in [0.1, 0.15) is 0 Å². The van der Waals surface area contributed by atoms with Crippen LogP contribution in [0.15, 0.2) is 29.2 Å². The van der Waals surface area contributed by atoms with Crippen LogP contribution in [0, 0.1) is 0 Å². The normalized spacial score (nSPS) is 11.5. The molecular formula is C9H10Cl3NS. The van der Waals surface area contributed by atoms with Crippen molar-refractivity contribution in [3.8, 4) is 0 Å². The van der Waals surface area contributed by atoms with Crippen molar-refractivity contribution >= 4 is 52.3 Å². The first-order valence-corrected chi connectivity index (χ1v) is 5.86. The average Bonchev–Trinajstić information content (AvgIpc) is 2.02. The molecule has 0 amide bonds. The van der Waals surface area contributed by atoms with Gasteiger partial charge in [0.1, 0.15) is 0 Å². The van der Waals surface area contributed by atoms with Crippen molar-refractivity contribution in [3.05, 3.63) is 24.3 Å². The molecule has 1 rings (SSSR count). The zero-order chi connectivity index (χ0) is 10.8. The highest BCUT2D eigenvalue weighted by Crippen LogP contribution is 2.43. The summed E-state index contributed by atoms with van der Waals surface area (Å²) in [7, 11) is 3.97. The first-order chi connectivity index (χ1) is 6.38. The summed E-state index contributed by atoms with van der Waals surface area (Å²) in [6, 6.07) is 7.83. The molecule has 0 saturated carbocycles. The molecule has 0 saturated heterocycles. The van der Waals surface area contributed by atoms with E-state index in [1.54, 1.807) is 0 Å². The fraction of sp³-hybridized carbons (Fsp3) is 0.333. The molecule has 0 radical (unpaired) electrons. The molecule has 1 aromatic carbocycles. The fourth-order valence-electron chi connectivity index (χ4n) is 0.946. The zero-order valence-corrected chi connectivity index (χ0v) is 10.9. The molecule has 0 bridgehead atoms. The molecule has 0 fully saturated rings. The summed E-state index contributed by atoms with van der Waals surface area (Å²) in [6.45, 7) is 0. The van der Waals surface area contributed by atoms with Gasteiger partial charge < -0.3 is 4.90 Å². The van der Waals surface area contributed by atoms with Gasteiger partial charge in [-0.1, -0.05) is 46.6 Å². The molecule has 5 heteroatoms. The standard InChI is InChI=1S/C9H10Cl3NS/c1-13(2)7-3-5-8(6-4-7)14-9(10,11)12/h3-6H,1-2H3. The SMILES string of the molecule is CN(C)c1ccc(SC(Cl)(Cl)Cl)cc1. The summed E-state index contributed by atoms with van der Waals surface area (Å²) in [4.78, 5) is 2.96. The molecule has 0 unspecified atom stereocenters. The molecule has 78 valence electrons. The largest absolute Gasteiger partial charge is 0.378 e. The van der Waals surface area contributed by atoms with Crippen LogP contribution in [0.4, 0.5) is 5.69 Å². The van der Waals surface area contributed by atoms with Gasteiger partial charge in [0.2, 0.25) is 3.12 Å². The lowest BCUT2D eigenvalue weighted by Gasteiger charge is -2.14. The van der Waals surface area contributed by atoms with Crippen LogP contribution in [0.25, 0.3) is 0 Å². The lowest BCUT2D eigenvalue weighted by molar-refractivity contribution is 1.13. The van der Waals surface area contributed by atoms with E-state index >= 15 is 0 Å². The Morgan fingerprint density at radius 2 is 1.57 bits per heavy atom. The average molecular weight is 271 g/mol. The second-order valence-corrected chi connectivity index (χ2v) is 7.18. The van der Waals surface area contributed by atoms with E-state index in [1.165, 1.54) is 11.8 Å². The van der Waals surface area contributed by atoms with Gasteiger partial charge in [0.25, 0.3) is 0 Å². The van der Waals surface area contributed by atoms with E-state index in [4.69, 9.17) is 34.8 Å². The number of alkyl halides is 3. The molecule has 1 aromatic rings. The summed E-state index contributed by atoms with van der Waals surface area (Å²) in [5.41, 5.74) is 1.12. The number of thioether (sulfide) groups is 1. The maximum atomic E-state index is 5.65. The van der Waals surface area contributed by atoms with E-state index in [0.29, 0.717) is 0 Å². The first kappa shape index (κ1) is 12.3. The van der Waals surface area contributed by atoms with Crippen molar-refractivity contribution in [1.82, 2.24) is 0 Å². The van der Waals surface area contributed by atoms with Gasteiger partial charge in [-0.3, -0.25) is 0 Å². The minimum atomic E-state index is -1.29. The third-order valence-electron chi connectivity index (χ3n) is 1.59. The van der Waals surface area contributed by atoms with Crippen LogP contribution in [0.3, 0.4) is 0 Å².